The average Bonchev–Trinajstić information content (AvgIpc) is 2.41. The first-order valence-electron chi connectivity index (χ1n) is 7.50. The SMILES string of the molecule is CC1CC(C)C(C)N(CCC(=O)c2ccc(Cl)cc2)C1. The number of ketones is 1. The highest BCUT2D eigenvalue weighted by molar-refractivity contribution is 6.30. The van der Waals surface area contributed by atoms with Gasteiger partial charge in [-0.25, -0.2) is 0 Å². The predicted molar refractivity (Wildman–Crippen MR) is 84.4 cm³/mol. The van der Waals surface area contributed by atoms with Crippen LogP contribution in [0.25, 0.3) is 0 Å². The third-order valence-electron chi connectivity index (χ3n) is 4.51. The van der Waals surface area contributed by atoms with Crippen molar-refractivity contribution in [3.05, 3.63) is 34.9 Å². The second kappa shape index (κ2) is 6.73. The van der Waals surface area contributed by atoms with Crippen LogP contribution < -0.4 is 0 Å². The molecule has 0 aliphatic carbocycles. The molecule has 0 aromatic heterocycles. The molecule has 2 rings (SSSR count). The van der Waals surface area contributed by atoms with Crippen molar-refractivity contribution >= 4 is 17.4 Å². The summed E-state index contributed by atoms with van der Waals surface area (Å²) in [5.74, 6) is 1.65. The Labute approximate surface area is 127 Å². The Morgan fingerprint density at radius 2 is 1.90 bits per heavy atom. The number of hydrogen-bond donors (Lipinski definition) is 0. The summed E-state index contributed by atoms with van der Waals surface area (Å²) in [7, 11) is 0. The minimum absolute atomic E-state index is 0.208. The second-order valence-electron chi connectivity index (χ2n) is 6.23. The van der Waals surface area contributed by atoms with Crippen LogP contribution in [0.1, 0.15) is 44.0 Å². The van der Waals surface area contributed by atoms with Gasteiger partial charge in [-0.3, -0.25) is 9.69 Å². The summed E-state index contributed by atoms with van der Waals surface area (Å²) >= 11 is 5.85. The number of Topliss-reactive ketones (excluding diaryl/α,β-unsaturated/α-hetero) is 1. The lowest BCUT2D eigenvalue weighted by atomic mass is 9.86. The summed E-state index contributed by atoms with van der Waals surface area (Å²) in [5, 5.41) is 0.675. The standard InChI is InChI=1S/C17H24ClNO/c1-12-10-13(2)14(3)19(11-12)9-8-17(20)15-4-6-16(18)7-5-15/h4-7,12-14H,8-11H2,1-3H3. The van der Waals surface area contributed by atoms with Crippen molar-refractivity contribution in [2.45, 2.75) is 39.7 Å². The Balaban J connectivity index is 1.91. The molecule has 3 unspecified atom stereocenters. The maximum atomic E-state index is 12.2. The quantitative estimate of drug-likeness (QED) is 0.772. The zero-order chi connectivity index (χ0) is 14.7. The van der Waals surface area contributed by atoms with Crippen molar-refractivity contribution in [1.82, 2.24) is 4.90 Å². The van der Waals surface area contributed by atoms with Crippen molar-refractivity contribution in [1.29, 1.82) is 0 Å². The zero-order valence-electron chi connectivity index (χ0n) is 12.6. The normalized spacial score (nSPS) is 27.5. The van der Waals surface area contributed by atoms with Gasteiger partial charge in [-0.2, -0.15) is 0 Å². The molecule has 0 N–H and O–H groups in total. The van der Waals surface area contributed by atoms with E-state index in [1.165, 1.54) is 6.42 Å². The van der Waals surface area contributed by atoms with Crippen LogP contribution in [-0.2, 0) is 0 Å². The maximum absolute atomic E-state index is 12.2. The van der Waals surface area contributed by atoms with Crippen molar-refractivity contribution in [2.24, 2.45) is 11.8 Å². The molecule has 0 amide bonds. The Morgan fingerprint density at radius 1 is 1.25 bits per heavy atom. The molecule has 1 saturated heterocycles. The van der Waals surface area contributed by atoms with Crippen LogP contribution in [0.15, 0.2) is 24.3 Å². The number of hydrogen-bond acceptors (Lipinski definition) is 2. The van der Waals surface area contributed by atoms with E-state index in [-0.39, 0.29) is 5.78 Å². The van der Waals surface area contributed by atoms with Gasteiger partial charge in [0, 0.05) is 36.1 Å². The summed E-state index contributed by atoms with van der Waals surface area (Å²) in [6.07, 6.45) is 1.88. The average molecular weight is 294 g/mol. The fraction of sp³-hybridized carbons (Fsp3) is 0.588. The number of benzene rings is 1. The van der Waals surface area contributed by atoms with Gasteiger partial charge in [-0.05, 0) is 49.4 Å². The van der Waals surface area contributed by atoms with Gasteiger partial charge >= 0.3 is 0 Å². The van der Waals surface area contributed by atoms with Crippen LogP contribution in [0.3, 0.4) is 0 Å². The second-order valence-corrected chi connectivity index (χ2v) is 6.67. The number of nitrogens with zero attached hydrogens (tertiary/aromatic N) is 1. The summed E-state index contributed by atoms with van der Waals surface area (Å²) in [6.45, 7) is 8.87. The van der Waals surface area contributed by atoms with Crippen LogP contribution in [-0.4, -0.2) is 29.8 Å². The molecule has 110 valence electrons. The highest BCUT2D eigenvalue weighted by Crippen LogP contribution is 2.27. The van der Waals surface area contributed by atoms with Crippen LogP contribution in [0.5, 0.6) is 0 Å². The molecule has 2 nitrogen and oxygen atoms in total. The Hall–Kier alpha value is -0.860. The molecule has 1 aromatic rings. The van der Waals surface area contributed by atoms with Crippen molar-refractivity contribution in [2.75, 3.05) is 13.1 Å². The molecule has 0 saturated carbocycles. The van der Waals surface area contributed by atoms with E-state index in [4.69, 9.17) is 11.6 Å². The summed E-state index contributed by atoms with van der Waals surface area (Å²) < 4.78 is 0. The minimum Gasteiger partial charge on any atom is -0.300 e. The maximum Gasteiger partial charge on any atom is 0.164 e. The molecule has 0 bridgehead atoms. The Bertz CT molecular complexity index is 457. The van der Waals surface area contributed by atoms with Gasteiger partial charge in [-0.15, -0.1) is 0 Å². The molecule has 20 heavy (non-hydrogen) atoms. The summed E-state index contributed by atoms with van der Waals surface area (Å²) in [4.78, 5) is 14.7. The van der Waals surface area contributed by atoms with Crippen LogP contribution >= 0.6 is 11.6 Å². The fourth-order valence-electron chi connectivity index (χ4n) is 3.15. The third kappa shape index (κ3) is 3.83. The molecular formula is C17H24ClNO. The van der Waals surface area contributed by atoms with Gasteiger partial charge in [0.05, 0.1) is 0 Å². The molecule has 1 heterocycles. The molecule has 1 aromatic carbocycles. The van der Waals surface area contributed by atoms with E-state index in [9.17, 15) is 4.79 Å². The largest absolute Gasteiger partial charge is 0.300 e. The number of likely N-dealkylation sites (tertiary alicyclic amines) is 1. The summed E-state index contributed by atoms with van der Waals surface area (Å²) in [6, 6.07) is 7.76. The van der Waals surface area contributed by atoms with E-state index in [0.29, 0.717) is 23.4 Å². The van der Waals surface area contributed by atoms with E-state index in [0.717, 1.165) is 24.6 Å². The van der Waals surface area contributed by atoms with Gasteiger partial charge in [-0.1, -0.05) is 25.4 Å². The van der Waals surface area contributed by atoms with Crippen LogP contribution in [0.2, 0.25) is 5.02 Å². The number of carbonyl (C=O) groups is 1. The number of halogens is 1. The van der Waals surface area contributed by atoms with Crippen LogP contribution in [0, 0.1) is 11.8 Å². The number of rotatable bonds is 4. The van der Waals surface area contributed by atoms with Crippen LogP contribution in [0.4, 0.5) is 0 Å². The van der Waals surface area contributed by atoms with E-state index in [2.05, 4.69) is 25.7 Å². The monoisotopic (exact) mass is 293 g/mol. The van der Waals surface area contributed by atoms with Gasteiger partial charge in [0.15, 0.2) is 5.78 Å². The number of carbonyl (C=O) groups excluding carboxylic acids is 1. The lowest BCUT2D eigenvalue weighted by Crippen LogP contribution is -2.46. The lowest BCUT2D eigenvalue weighted by molar-refractivity contribution is 0.0721. The van der Waals surface area contributed by atoms with Crippen molar-refractivity contribution in [3.63, 3.8) is 0 Å². The van der Waals surface area contributed by atoms with Crippen molar-refractivity contribution in [3.8, 4) is 0 Å². The fourth-order valence-corrected chi connectivity index (χ4v) is 3.28. The zero-order valence-corrected chi connectivity index (χ0v) is 13.4. The molecule has 1 aliphatic heterocycles. The minimum atomic E-state index is 0.208. The molecule has 0 radical (unpaired) electrons. The molecule has 3 atom stereocenters. The summed E-state index contributed by atoms with van der Waals surface area (Å²) in [5.41, 5.74) is 0.764. The van der Waals surface area contributed by atoms with Gasteiger partial charge < -0.3 is 0 Å². The molecule has 1 aliphatic rings. The first-order chi connectivity index (χ1) is 9.47. The first kappa shape index (κ1) is 15.5. The smallest absolute Gasteiger partial charge is 0.164 e. The molecule has 0 spiro atoms. The van der Waals surface area contributed by atoms with E-state index in [1.807, 2.05) is 12.1 Å². The van der Waals surface area contributed by atoms with E-state index < -0.39 is 0 Å². The van der Waals surface area contributed by atoms with Gasteiger partial charge in [0.2, 0.25) is 0 Å². The highest BCUT2D eigenvalue weighted by Gasteiger charge is 2.28. The first-order valence-corrected chi connectivity index (χ1v) is 7.88. The Morgan fingerprint density at radius 3 is 2.55 bits per heavy atom. The third-order valence-corrected chi connectivity index (χ3v) is 4.76. The van der Waals surface area contributed by atoms with E-state index in [1.54, 1.807) is 12.1 Å². The lowest BCUT2D eigenvalue weighted by Gasteiger charge is -2.41. The predicted octanol–water partition coefficient (Wildman–Crippen LogP) is 4.28. The highest BCUT2D eigenvalue weighted by atomic mass is 35.5. The number of piperidine rings is 1. The van der Waals surface area contributed by atoms with Crippen molar-refractivity contribution < 1.29 is 4.79 Å². The Kier molecular flexibility index (Phi) is 5.22. The molecule has 1 fully saturated rings. The van der Waals surface area contributed by atoms with Gasteiger partial charge in [0.25, 0.3) is 0 Å². The molecular weight excluding hydrogens is 270 g/mol. The topological polar surface area (TPSA) is 20.3 Å². The molecule has 3 heteroatoms. The van der Waals surface area contributed by atoms with E-state index >= 15 is 0 Å². The van der Waals surface area contributed by atoms with Gasteiger partial charge in [0.1, 0.15) is 0 Å².